The maximum Gasteiger partial charge on any atom is 0.223 e. The van der Waals surface area contributed by atoms with Gasteiger partial charge in [0.25, 0.3) is 0 Å². The highest BCUT2D eigenvalue weighted by molar-refractivity contribution is 7.91. The van der Waals surface area contributed by atoms with Crippen LogP contribution in [0.5, 0.6) is 5.75 Å². The first-order valence-electron chi connectivity index (χ1n) is 8.60. The summed E-state index contributed by atoms with van der Waals surface area (Å²) in [6.07, 6.45) is 0.406. The minimum absolute atomic E-state index is 0.170. The lowest BCUT2D eigenvalue weighted by Crippen LogP contribution is -2.20. The Bertz CT molecular complexity index is 1020. The first-order chi connectivity index (χ1) is 12.8. The smallest absolute Gasteiger partial charge is 0.223 e. The second-order valence-electron chi connectivity index (χ2n) is 6.48. The quantitative estimate of drug-likeness (QED) is 0.705. The van der Waals surface area contributed by atoms with E-state index in [9.17, 15) is 8.42 Å². The summed E-state index contributed by atoms with van der Waals surface area (Å²) in [7, 11) is -0.583. The van der Waals surface area contributed by atoms with Crippen LogP contribution in [0.4, 0.5) is 0 Å². The fraction of sp³-hybridized carbons (Fsp3) is 0.250. The average molecular weight is 385 g/mol. The van der Waals surface area contributed by atoms with E-state index in [0.29, 0.717) is 23.4 Å². The Labute approximate surface area is 159 Å². The summed E-state index contributed by atoms with van der Waals surface area (Å²) in [5, 5.41) is 4.69. The summed E-state index contributed by atoms with van der Waals surface area (Å²) in [6, 6.07) is 15.7. The van der Waals surface area contributed by atoms with Crippen molar-refractivity contribution in [3.63, 3.8) is 0 Å². The predicted octanol–water partition coefficient (Wildman–Crippen LogP) is 2.82. The van der Waals surface area contributed by atoms with Gasteiger partial charge < -0.3 is 10.5 Å². The molecule has 1 atom stereocenters. The van der Waals surface area contributed by atoms with Gasteiger partial charge in [-0.1, -0.05) is 30.3 Å². The van der Waals surface area contributed by atoms with Crippen molar-refractivity contribution >= 4 is 9.84 Å². The number of rotatable bonds is 6. The summed E-state index contributed by atoms with van der Waals surface area (Å²) in [6.45, 7) is 1.85. The molecule has 0 saturated carbocycles. The van der Waals surface area contributed by atoms with E-state index in [1.54, 1.807) is 31.3 Å². The fourth-order valence-electron chi connectivity index (χ4n) is 3.09. The summed E-state index contributed by atoms with van der Waals surface area (Å²) < 4.78 is 33.3. The molecule has 0 aliphatic carbocycles. The molecule has 2 N–H and O–H groups in total. The summed E-state index contributed by atoms with van der Waals surface area (Å²) in [5.41, 5.74) is 8.16. The standard InChI is InChI=1S/C20H23N3O3S/c1-14(21)13-18-19(15-7-5-4-6-8-15)22-23(2)20(18)27(24,25)17-11-9-16(26-3)10-12-17/h4-12,14H,13,21H2,1-3H3. The second-order valence-corrected chi connectivity index (χ2v) is 8.35. The molecule has 0 fully saturated rings. The Kier molecular flexibility index (Phi) is 5.34. The number of nitrogens with zero attached hydrogens (tertiary/aromatic N) is 2. The summed E-state index contributed by atoms with van der Waals surface area (Å²) >= 11 is 0. The highest BCUT2D eigenvalue weighted by Crippen LogP contribution is 2.32. The van der Waals surface area contributed by atoms with Crippen LogP contribution >= 0.6 is 0 Å². The molecule has 1 heterocycles. The Morgan fingerprint density at radius 1 is 1.11 bits per heavy atom. The van der Waals surface area contributed by atoms with Crippen LogP contribution in [-0.2, 0) is 23.3 Å². The Balaban J connectivity index is 2.20. The normalized spacial score (nSPS) is 12.7. The van der Waals surface area contributed by atoms with E-state index in [1.807, 2.05) is 37.3 Å². The molecule has 3 rings (SSSR count). The van der Waals surface area contributed by atoms with Gasteiger partial charge >= 0.3 is 0 Å². The lowest BCUT2D eigenvalue weighted by Gasteiger charge is -2.11. The molecule has 0 spiro atoms. The Hall–Kier alpha value is -2.64. The third-order valence-electron chi connectivity index (χ3n) is 4.29. The predicted molar refractivity (Wildman–Crippen MR) is 104 cm³/mol. The van der Waals surface area contributed by atoms with E-state index in [2.05, 4.69) is 5.10 Å². The number of sulfone groups is 1. The van der Waals surface area contributed by atoms with Gasteiger partial charge in [-0.15, -0.1) is 0 Å². The fourth-order valence-corrected chi connectivity index (χ4v) is 4.70. The molecule has 0 bridgehead atoms. The third-order valence-corrected chi connectivity index (χ3v) is 6.20. The molecule has 3 aromatic rings. The van der Waals surface area contributed by atoms with Crippen LogP contribution < -0.4 is 10.5 Å². The summed E-state index contributed by atoms with van der Waals surface area (Å²) in [4.78, 5) is 0.192. The molecule has 142 valence electrons. The van der Waals surface area contributed by atoms with Crippen molar-refractivity contribution in [1.29, 1.82) is 0 Å². The molecule has 1 aromatic heterocycles. The molecule has 27 heavy (non-hydrogen) atoms. The van der Waals surface area contributed by atoms with Crippen molar-refractivity contribution in [2.75, 3.05) is 7.11 Å². The number of aromatic nitrogens is 2. The number of methoxy groups -OCH3 is 1. The van der Waals surface area contributed by atoms with Gasteiger partial charge in [-0.25, -0.2) is 8.42 Å². The van der Waals surface area contributed by atoms with Crippen molar-refractivity contribution in [1.82, 2.24) is 9.78 Å². The van der Waals surface area contributed by atoms with Gasteiger partial charge in [0.15, 0.2) is 5.03 Å². The lowest BCUT2D eigenvalue weighted by atomic mass is 10.0. The van der Waals surface area contributed by atoms with Crippen molar-refractivity contribution in [2.24, 2.45) is 12.8 Å². The largest absolute Gasteiger partial charge is 0.497 e. The lowest BCUT2D eigenvalue weighted by molar-refractivity contribution is 0.414. The van der Waals surface area contributed by atoms with E-state index in [0.717, 1.165) is 5.56 Å². The number of hydrogen-bond acceptors (Lipinski definition) is 5. The molecule has 0 aliphatic rings. The first kappa shape index (κ1) is 19.1. The van der Waals surface area contributed by atoms with Gasteiger partial charge in [-0.3, -0.25) is 4.68 Å². The van der Waals surface area contributed by atoms with Crippen LogP contribution in [0.3, 0.4) is 0 Å². The number of hydrogen-bond donors (Lipinski definition) is 1. The van der Waals surface area contributed by atoms with Gasteiger partial charge in [0.05, 0.1) is 17.7 Å². The molecular formula is C20H23N3O3S. The van der Waals surface area contributed by atoms with Gasteiger partial charge in [-0.05, 0) is 37.6 Å². The monoisotopic (exact) mass is 385 g/mol. The van der Waals surface area contributed by atoms with E-state index in [4.69, 9.17) is 10.5 Å². The van der Waals surface area contributed by atoms with Gasteiger partial charge in [0.1, 0.15) is 5.75 Å². The maximum absolute atomic E-state index is 13.4. The van der Waals surface area contributed by atoms with Crippen molar-refractivity contribution in [3.8, 4) is 17.0 Å². The zero-order valence-electron chi connectivity index (χ0n) is 15.6. The first-order valence-corrected chi connectivity index (χ1v) is 10.1. The highest BCUT2D eigenvalue weighted by Gasteiger charge is 2.29. The third kappa shape index (κ3) is 3.74. The highest BCUT2D eigenvalue weighted by atomic mass is 32.2. The van der Waals surface area contributed by atoms with Gasteiger partial charge in [0.2, 0.25) is 9.84 Å². The summed E-state index contributed by atoms with van der Waals surface area (Å²) in [5.74, 6) is 0.597. The Morgan fingerprint density at radius 3 is 2.30 bits per heavy atom. The molecular weight excluding hydrogens is 362 g/mol. The van der Waals surface area contributed by atoms with Crippen molar-refractivity contribution < 1.29 is 13.2 Å². The topological polar surface area (TPSA) is 87.2 Å². The van der Waals surface area contributed by atoms with Gasteiger partial charge in [0, 0.05) is 24.2 Å². The molecule has 2 aromatic carbocycles. The van der Waals surface area contributed by atoms with E-state index in [1.165, 1.54) is 11.8 Å². The molecule has 6 nitrogen and oxygen atoms in total. The maximum atomic E-state index is 13.4. The zero-order chi connectivity index (χ0) is 19.6. The SMILES string of the molecule is COc1ccc(S(=O)(=O)c2c(CC(C)N)c(-c3ccccc3)nn2C)cc1. The molecule has 0 radical (unpaired) electrons. The van der Waals surface area contributed by atoms with Gasteiger partial charge in [-0.2, -0.15) is 5.10 Å². The van der Waals surface area contributed by atoms with Crippen LogP contribution in [-0.4, -0.2) is 31.3 Å². The van der Waals surface area contributed by atoms with Crippen LogP contribution in [0.15, 0.2) is 64.5 Å². The minimum atomic E-state index is -3.77. The number of benzene rings is 2. The van der Waals surface area contributed by atoms with Crippen LogP contribution in [0.1, 0.15) is 12.5 Å². The molecule has 0 aliphatic heterocycles. The number of nitrogens with two attached hydrogens (primary N) is 1. The number of aryl methyl sites for hydroxylation is 1. The second kappa shape index (κ2) is 7.54. The molecule has 7 heteroatoms. The average Bonchev–Trinajstić information content (AvgIpc) is 2.98. The van der Waals surface area contributed by atoms with Crippen LogP contribution in [0.25, 0.3) is 11.3 Å². The van der Waals surface area contributed by atoms with E-state index >= 15 is 0 Å². The van der Waals surface area contributed by atoms with Crippen LogP contribution in [0, 0.1) is 0 Å². The molecule has 0 saturated heterocycles. The minimum Gasteiger partial charge on any atom is -0.497 e. The van der Waals surface area contributed by atoms with Crippen LogP contribution in [0.2, 0.25) is 0 Å². The molecule has 1 unspecified atom stereocenters. The van der Waals surface area contributed by atoms with E-state index in [-0.39, 0.29) is 16.0 Å². The van der Waals surface area contributed by atoms with Crippen molar-refractivity contribution in [2.45, 2.75) is 29.3 Å². The number of ether oxygens (including phenoxy) is 1. The Morgan fingerprint density at radius 2 is 1.74 bits per heavy atom. The zero-order valence-corrected chi connectivity index (χ0v) is 16.4. The van der Waals surface area contributed by atoms with Crippen molar-refractivity contribution in [3.05, 3.63) is 60.2 Å². The molecule has 0 amide bonds. The van der Waals surface area contributed by atoms with E-state index < -0.39 is 9.84 Å².